The van der Waals surface area contributed by atoms with Gasteiger partial charge < -0.3 is 0 Å². The van der Waals surface area contributed by atoms with Gasteiger partial charge in [0.2, 0.25) is 0 Å². The molecule has 0 aromatic heterocycles. The lowest BCUT2D eigenvalue weighted by Gasteiger charge is -1.71. The van der Waals surface area contributed by atoms with Crippen LogP contribution in [0.3, 0.4) is 0 Å². The van der Waals surface area contributed by atoms with Gasteiger partial charge in [0.1, 0.15) is 0 Å². The molecular formula is C6H9N. The first-order valence-electron chi connectivity index (χ1n) is 2.43. The van der Waals surface area contributed by atoms with Crippen molar-refractivity contribution in [3.63, 3.8) is 0 Å². The molecule has 0 saturated carbocycles. The Hall–Kier alpha value is -0.770. The molecule has 0 unspecified atom stereocenters. The Morgan fingerprint density at radius 3 is 2.71 bits per heavy atom. The maximum absolute atomic E-state index is 7.99. The van der Waals surface area contributed by atoms with Crippen molar-refractivity contribution in [2.24, 2.45) is 0 Å². The van der Waals surface area contributed by atoms with Crippen LogP contribution < -0.4 is 0 Å². The Kier molecular flexibility index (Phi) is 4.65. The first kappa shape index (κ1) is 6.23. The minimum absolute atomic E-state index is 0.549. The number of nitrogens with zero attached hydrogens (tertiary/aromatic N) is 1. The predicted octanol–water partition coefficient (Wildman–Crippen LogP) is 1.87. The molecule has 1 heteroatoms. The predicted molar refractivity (Wildman–Crippen MR) is 29.7 cm³/mol. The normalized spacial score (nSPS) is 9.14. The van der Waals surface area contributed by atoms with Gasteiger partial charge in [-0.2, -0.15) is 5.26 Å². The van der Waals surface area contributed by atoms with Crippen LogP contribution in [0.1, 0.15) is 19.8 Å². The summed E-state index contributed by atoms with van der Waals surface area (Å²) < 4.78 is 0. The molecule has 0 N–H and O–H groups in total. The van der Waals surface area contributed by atoms with Crippen molar-refractivity contribution in [1.82, 2.24) is 0 Å². The van der Waals surface area contributed by atoms with Crippen LogP contribution in [0.5, 0.6) is 0 Å². The van der Waals surface area contributed by atoms with E-state index in [-0.39, 0.29) is 0 Å². The molecule has 0 fully saturated rings. The molecule has 0 amide bonds. The number of hydrogen-bond acceptors (Lipinski definition) is 1. The van der Waals surface area contributed by atoms with Crippen molar-refractivity contribution < 1.29 is 0 Å². The van der Waals surface area contributed by atoms with Crippen LogP contribution in [-0.4, -0.2) is 0 Å². The zero-order valence-corrected chi connectivity index (χ0v) is 4.52. The monoisotopic (exact) mass is 95.1 g/mol. The molecule has 0 spiro atoms. The van der Waals surface area contributed by atoms with E-state index in [1.165, 1.54) is 0 Å². The van der Waals surface area contributed by atoms with Crippen molar-refractivity contribution >= 4 is 0 Å². The summed E-state index contributed by atoms with van der Waals surface area (Å²) in [6.45, 7) is 2.05. The molecule has 38 valence electrons. The smallest absolute Gasteiger partial charge is 0.0663 e. The Labute approximate surface area is 44.3 Å². The molecule has 0 aromatic carbocycles. The maximum Gasteiger partial charge on any atom is 0.0663 e. The Morgan fingerprint density at radius 1 is 1.57 bits per heavy atom. The molecule has 0 saturated heterocycles. The van der Waals surface area contributed by atoms with Gasteiger partial charge in [0, 0.05) is 0 Å². The molecule has 0 aliphatic rings. The van der Waals surface area contributed by atoms with Gasteiger partial charge >= 0.3 is 0 Å². The lowest BCUT2D eigenvalue weighted by Crippen LogP contribution is -1.54. The summed E-state index contributed by atoms with van der Waals surface area (Å²) in [5, 5.41) is 7.99. The van der Waals surface area contributed by atoms with E-state index in [9.17, 15) is 0 Å². The van der Waals surface area contributed by atoms with E-state index in [4.69, 9.17) is 5.26 Å². The fraction of sp³-hybridized carbons (Fsp3) is 0.500. The number of allylic oxidation sites excluding steroid dienone is 2. The van der Waals surface area contributed by atoms with Gasteiger partial charge in [-0.25, -0.2) is 0 Å². The average molecular weight is 95.1 g/mol. The third-order valence-corrected chi connectivity index (χ3v) is 0.612. The minimum atomic E-state index is 0.549. The molecule has 0 aliphatic carbocycles. The molecular weight excluding hydrogens is 86.1 g/mol. The van der Waals surface area contributed by atoms with Crippen LogP contribution in [0, 0.1) is 11.3 Å². The third kappa shape index (κ3) is 5.23. The Bertz CT molecular complexity index is 86.8. The zero-order valence-electron chi connectivity index (χ0n) is 4.52. The van der Waals surface area contributed by atoms with Crippen LogP contribution in [0.15, 0.2) is 12.2 Å². The molecule has 0 rings (SSSR count). The van der Waals surface area contributed by atoms with E-state index >= 15 is 0 Å². The van der Waals surface area contributed by atoms with E-state index in [1.807, 2.05) is 25.1 Å². The van der Waals surface area contributed by atoms with Gasteiger partial charge in [0.15, 0.2) is 0 Å². The highest BCUT2D eigenvalue weighted by atomic mass is 14.2. The lowest BCUT2D eigenvalue weighted by atomic mass is 10.3. The second kappa shape index (κ2) is 5.23. The van der Waals surface area contributed by atoms with E-state index in [1.54, 1.807) is 0 Å². The zero-order chi connectivity index (χ0) is 5.54. The molecule has 7 heavy (non-hydrogen) atoms. The molecule has 0 atom stereocenters. The first-order valence-corrected chi connectivity index (χ1v) is 2.43. The largest absolute Gasteiger partial charge is 0.198 e. The van der Waals surface area contributed by atoms with E-state index < -0.39 is 0 Å². The van der Waals surface area contributed by atoms with Crippen LogP contribution in [0.25, 0.3) is 0 Å². The summed E-state index contributed by atoms with van der Waals surface area (Å²) in [5.41, 5.74) is 0. The summed E-state index contributed by atoms with van der Waals surface area (Å²) >= 11 is 0. The van der Waals surface area contributed by atoms with E-state index in [2.05, 4.69) is 0 Å². The van der Waals surface area contributed by atoms with Crippen LogP contribution in [-0.2, 0) is 0 Å². The minimum Gasteiger partial charge on any atom is -0.198 e. The van der Waals surface area contributed by atoms with Crippen molar-refractivity contribution in [2.75, 3.05) is 0 Å². The van der Waals surface area contributed by atoms with Crippen LogP contribution in [0.4, 0.5) is 0 Å². The molecule has 0 bridgehead atoms. The van der Waals surface area contributed by atoms with Crippen molar-refractivity contribution in [2.45, 2.75) is 19.8 Å². The van der Waals surface area contributed by atoms with Gasteiger partial charge in [0.25, 0.3) is 0 Å². The summed E-state index contributed by atoms with van der Waals surface area (Å²) in [7, 11) is 0. The first-order chi connectivity index (χ1) is 3.41. The highest BCUT2D eigenvalue weighted by Crippen LogP contribution is 1.81. The summed E-state index contributed by atoms with van der Waals surface area (Å²) in [6, 6.07) is 2.02. The second-order valence-corrected chi connectivity index (χ2v) is 1.24. The standard InChI is InChI=1S/C6H9N/c1-2-3-4-5-6-7/h3-4H,2,5H2,1H3/b4-3+. The quantitative estimate of drug-likeness (QED) is 0.480. The molecule has 0 aliphatic heterocycles. The molecule has 0 heterocycles. The van der Waals surface area contributed by atoms with Gasteiger partial charge in [0.05, 0.1) is 12.5 Å². The molecule has 0 radical (unpaired) electrons. The third-order valence-electron chi connectivity index (χ3n) is 0.612. The van der Waals surface area contributed by atoms with Crippen LogP contribution >= 0.6 is 0 Å². The van der Waals surface area contributed by atoms with Gasteiger partial charge in [-0.1, -0.05) is 19.1 Å². The highest BCUT2D eigenvalue weighted by molar-refractivity contribution is 4.89. The number of rotatable bonds is 2. The van der Waals surface area contributed by atoms with Gasteiger partial charge in [-0.15, -0.1) is 0 Å². The van der Waals surface area contributed by atoms with E-state index in [0.717, 1.165) is 6.42 Å². The average Bonchev–Trinajstić information content (AvgIpc) is 1.69. The van der Waals surface area contributed by atoms with E-state index in [0.29, 0.717) is 6.42 Å². The summed E-state index contributed by atoms with van der Waals surface area (Å²) in [6.07, 6.45) is 5.44. The molecule has 0 aromatic rings. The fourth-order valence-corrected chi connectivity index (χ4v) is 0.303. The maximum atomic E-state index is 7.99. The lowest BCUT2D eigenvalue weighted by molar-refractivity contribution is 1.20. The summed E-state index contributed by atoms with van der Waals surface area (Å²) in [5.74, 6) is 0. The molecule has 1 nitrogen and oxygen atoms in total. The fourth-order valence-electron chi connectivity index (χ4n) is 0.303. The van der Waals surface area contributed by atoms with Gasteiger partial charge in [-0.05, 0) is 6.42 Å². The number of nitriles is 1. The topological polar surface area (TPSA) is 23.8 Å². The summed E-state index contributed by atoms with van der Waals surface area (Å²) in [4.78, 5) is 0. The Balaban J connectivity index is 2.97. The van der Waals surface area contributed by atoms with Crippen LogP contribution in [0.2, 0.25) is 0 Å². The Morgan fingerprint density at radius 2 is 2.29 bits per heavy atom. The van der Waals surface area contributed by atoms with Crippen molar-refractivity contribution in [3.05, 3.63) is 12.2 Å². The van der Waals surface area contributed by atoms with Gasteiger partial charge in [-0.3, -0.25) is 0 Å². The number of hydrogen-bond donors (Lipinski definition) is 0. The highest BCUT2D eigenvalue weighted by Gasteiger charge is 1.65. The van der Waals surface area contributed by atoms with Crippen molar-refractivity contribution in [3.8, 4) is 6.07 Å². The second-order valence-electron chi connectivity index (χ2n) is 1.24. The SMILES string of the molecule is CC/C=C/CC#N. The van der Waals surface area contributed by atoms with Crippen molar-refractivity contribution in [1.29, 1.82) is 5.26 Å².